The van der Waals surface area contributed by atoms with Gasteiger partial charge in [-0.15, -0.1) is 0 Å². The van der Waals surface area contributed by atoms with Gasteiger partial charge < -0.3 is 9.88 Å². The number of carbonyl (C=O) groups excluding carboxylic acids is 1. The molecule has 3 aromatic rings. The zero-order valence-electron chi connectivity index (χ0n) is 16.0. The van der Waals surface area contributed by atoms with Gasteiger partial charge in [-0.2, -0.15) is 0 Å². The third-order valence-corrected chi connectivity index (χ3v) is 5.67. The lowest BCUT2D eigenvalue weighted by atomic mass is 9.88. The summed E-state index contributed by atoms with van der Waals surface area (Å²) in [7, 11) is 3.55. The number of amides is 1. The second-order valence-electron chi connectivity index (χ2n) is 7.77. The zero-order chi connectivity index (χ0) is 19.0. The Labute approximate surface area is 158 Å². The minimum Gasteiger partial charge on any atom is -0.349 e. The maximum atomic E-state index is 12.5. The van der Waals surface area contributed by atoms with Crippen LogP contribution in [-0.4, -0.2) is 39.3 Å². The van der Waals surface area contributed by atoms with Gasteiger partial charge in [-0.3, -0.25) is 14.0 Å². The van der Waals surface area contributed by atoms with Crippen molar-refractivity contribution in [2.75, 3.05) is 14.1 Å². The summed E-state index contributed by atoms with van der Waals surface area (Å²) in [5.41, 5.74) is 3.37. The fourth-order valence-electron chi connectivity index (χ4n) is 4.11. The Balaban J connectivity index is 1.79. The lowest BCUT2D eigenvalue weighted by molar-refractivity contribution is -0.128. The summed E-state index contributed by atoms with van der Waals surface area (Å²) in [6, 6.07) is 6.02. The van der Waals surface area contributed by atoms with Crippen LogP contribution in [-0.2, 0) is 11.2 Å². The second-order valence-corrected chi connectivity index (χ2v) is 7.77. The van der Waals surface area contributed by atoms with Crippen molar-refractivity contribution in [2.24, 2.45) is 0 Å². The average Bonchev–Trinajstić information content (AvgIpc) is 3.13. The molecule has 2 heterocycles. The van der Waals surface area contributed by atoms with Crippen LogP contribution >= 0.6 is 0 Å². The highest BCUT2D eigenvalue weighted by Crippen LogP contribution is 2.33. The quantitative estimate of drug-likeness (QED) is 0.770. The SMILES string of the molecule is CN(C)C(=O)CCc1ccc2[nH]c(=O)c3cnc(C4CCCCC4)n3c2c1. The lowest BCUT2D eigenvalue weighted by Crippen LogP contribution is -2.21. The van der Waals surface area contributed by atoms with Gasteiger partial charge in [-0.1, -0.05) is 25.3 Å². The van der Waals surface area contributed by atoms with Gasteiger partial charge in [0.2, 0.25) is 5.91 Å². The highest BCUT2D eigenvalue weighted by atomic mass is 16.2. The molecule has 142 valence electrons. The van der Waals surface area contributed by atoms with Crippen LogP contribution in [0.3, 0.4) is 0 Å². The first-order valence-corrected chi connectivity index (χ1v) is 9.77. The minimum absolute atomic E-state index is 0.104. The molecule has 0 spiro atoms. The summed E-state index contributed by atoms with van der Waals surface area (Å²) in [5, 5.41) is 0. The standard InChI is InChI=1S/C21H26N4O2/c1-24(2)19(26)11-9-14-8-10-16-17(12-14)25-18(21(27)23-16)13-22-20(25)15-6-4-3-5-7-15/h8,10,12-13,15H,3-7,9,11H2,1-2H3,(H,23,27). The first-order valence-electron chi connectivity index (χ1n) is 9.77. The van der Waals surface area contributed by atoms with Crippen molar-refractivity contribution >= 4 is 22.5 Å². The average molecular weight is 366 g/mol. The molecule has 0 unspecified atom stereocenters. The lowest BCUT2D eigenvalue weighted by Gasteiger charge is -2.21. The van der Waals surface area contributed by atoms with Gasteiger partial charge in [0, 0.05) is 26.4 Å². The Hall–Kier alpha value is -2.63. The molecule has 0 aliphatic heterocycles. The van der Waals surface area contributed by atoms with Crippen LogP contribution < -0.4 is 5.56 Å². The van der Waals surface area contributed by atoms with E-state index in [1.54, 1.807) is 25.2 Å². The third-order valence-electron chi connectivity index (χ3n) is 5.67. The number of carbonyl (C=O) groups is 1. The largest absolute Gasteiger partial charge is 0.349 e. The van der Waals surface area contributed by atoms with E-state index >= 15 is 0 Å². The maximum Gasteiger partial charge on any atom is 0.274 e. The molecule has 4 rings (SSSR count). The summed E-state index contributed by atoms with van der Waals surface area (Å²) < 4.78 is 2.04. The molecule has 1 amide bonds. The van der Waals surface area contributed by atoms with Gasteiger partial charge in [0.15, 0.2) is 0 Å². The van der Waals surface area contributed by atoms with Gasteiger partial charge in [-0.05, 0) is 37.0 Å². The molecule has 0 saturated heterocycles. The molecule has 27 heavy (non-hydrogen) atoms. The molecule has 6 heteroatoms. The van der Waals surface area contributed by atoms with Crippen LogP contribution in [0.15, 0.2) is 29.2 Å². The summed E-state index contributed by atoms with van der Waals surface area (Å²) >= 11 is 0. The zero-order valence-corrected chi connectivity index (χ0v) is 16.0. The van der Waals surface area contributed by atoms with Gasteiger partial charge in [-0.25, -0.2) is 4.98 Å². The highest BCUT2D eigenvalue weighted by molar-refractivity contribution is 5.80. The molecule has 6 nitrogen and oxygen atoms in total. The molecule has 1 fully saturated rings. The van der Waals surface area contributed by atoms with Crippen LogP contribution in [0.25, 0.3) is 16.6 Å². The van der Waals surface area contributed by atoms with Gasteiger partial charge >= 0.3 is 0 Å². The van der Waals surface area contributed by atoms with Crippen LogP contribution in [0.4, 0.5) is 0 Å². The molecule has 1 aliphatic rings. The summed E-state index contributed by atoms with van der Waals surface area (Å²) in [6.07, 6.45) is 8.84. The fraction of sp³-hybridized carbons (Fsp3) is 0.476. The van der Waals surface area contributed by atoms with Gasteiger partial charge in [0.1, 0.15) is 11.3 Å². The van der Waals surface area contributed by atoms with E-state index in [0.717, 1.165) is 35.3 Å². The summed E-state index contributed by atoms with van der Waals surface area (Å²) in [5.74, 6) is 1.53. The van der Waals surface area contributed by atoms with Crippen molar-refractivity contribution in [3.05, 3.63) is 46.1 Å². The van der Waals surface area contributed by atoms with Crippen molar-refractivity contribution < 1.29 is 4.79 Å². The van der Waals surface area contributed by atoms with E-state index in [0.29, 0.717) is 24.3 Å². The number of benzene rings is 1. The van der Waals surface area contributed by atoms with E-state index in [4.69, 9.17) is 0 Å². The smallest absolute Gasteiger partial charge is 0.274 e. The van der Waals surface area contributed by atoms with Crippen LogP contribution in [0.2, 0.25) is 0 Å². The van der Waals surface area contributed by atoms with E-state index in [9.17, 15) is 9.59 Å². The topological polar surface area (TPSA) is 70.5 Å². The van der Waals surface area contributed by atoms with E-state index < -0.39 is 0 Å². The molecule has 1 N–H and O–H groups in total. The number of nitrogens with one attached hydrogen (secondary N) is 1. The van der Waals surface area contributed by atoms with Crippen LogP contribution in [0.1, 0.15) is 55.8 Å². The molecule has 0 bridgehead atoms. The first kappa shape index (κ1) is 17.8. The molecule has 1 saturated carbocycles. The Morgan fingerprint density at radius 2 is 2.00 bits per heavy atom. The maximum absolute atomic E-state index is 12.5. The number of aromatic nitrogens is 3. The number of H-pyrrole nitrogens is 1. The van der Waals surface area contributed by atoms with Gasteiger partial charge in [0.05, 0.1) is 17.2 Å². The molecule has 0 atom stereocenters. The fourth-order valence-corrected chi connectivity index (χ4v) is 4.11. The summed E-state index contributed by atoms with van der Waals surface area (Å²) in [4.78, 5) is 33.6. The molecule has 1 aliphatic carbocycles. The number of aryl methyl sites for hydroxylation is 1. The molecular weight excluding hydrogens is 340 g/mol. The number of fused-ring (bicyclic) bond motifs is 3. The molecule has 2 aromatic heterocycles. The first-order chi connectivity index (χ1) is 13.0. The number of nitrogens with zero attached hydrogens (tertiary/aromatic N) is 3. The number of imidazole rings is 1. The Kier molecular flexibility index (Phi) is 4.72. The van der Waals surface area contributed by atoms with E-state index in [1.807, 2.05) is 16.5 Å². The van der Waals surface area contributed by atoms with Crippen molar-refractivity contribution in [3.63, 3.8) is 0 Å². The monoisotopic (exact) mass is 366 g/mol. The highest BCUT2D eigenvalue weighted by Gasteiger charge is 2.22. The van der Waals surface area contributed by atoms with E-state index in [-0.39, 0.29) is 11.5 Å². The van der Waals surface area contributed by atoms with Crippen molar-refractivity contribution in [1.29, 1.82) is 0 Å². The molecule has 1 aromatic carbocycles. The second kappa shape index (κ2) is 7.18. The molecular formula is C21H26N4O2. The normalized spacial score (nSPS) is 15.5. The molecule has 0 radical (unpaired) electrons. The Morgan fingerprint density at radius 1 is 1.22 bits per heavy atom. The van der Waals surface area contributed by atoms with Crippen molar-refractivity contribution in [1.82, 2.24) is 19.3 Å². The minimum atomic E-state index is -0.104. The van der Waals surface area contributed by atoms with E-state index in [1.165, 1.54) is 19.3 Å². The number of hydrogen-bond donors (Lipinski definition) is 1. The Morgan fingerprint density at radius 3 is 2.74 bits per heavy atom. The van der Waals surface area contributed by atoms with Crippen molar-refractivity contribution in [2.45, 2.75) is 50.9 Å². The van der Waals surface area contributed by atoms with Crippen LogP contribution in [0.5, 0.6) is 0 Å². The Bertz CT molecular complexity index is 1040. The number of hydrogen-bond acceptors (Lipinski definition) is 3. The predicted molar refractivity (Wildman–Crippen MR) is 106 cm³/mol. The van der Waals surface area contributed by atoms with E-state index in [2.05, 4.69) is 16.0 Å². The predicted octanol–water partition coefficient (Wildman–Crippen LogP) is 3.24. The van der Waals surface area contributed by atoms with Crippen molar-refractivity contribution in [3.8, 4) is 0 Å². The summed E-state index contributed by atoms with van der Waals surface area (Å²) in [6.45, 7) is 0. The van der Waals surface area contributed by atoms with Gasteiger partial charge in [0.25, 0.3) is 5.56 Å². The number of rotatable bonds is 4. The number of aromatic amines is 1. The third kappa shape index (κ3) is 3.36. The van der Waals surface area contributed by atoms with Crippen LogP contribution in [0, 0.1) is 0 Å².